The number of imidazole rings is 1. The van der Waals surface area contributed by atoms with Crippen LogP contribution >= 0.6 is 11.8 Å². The van der Waals surface area contributed by atoms with E-state index < -0.39 is 6.04 Å². The first-order valence-electron chi connectivity index (χ1n) is 12.8. The van der Waals surface area contributed by atoms with E-state index in [9.17, 15) is 9.59 Å². The Hall–Kier alpha value is -3.10. The SMILES string of the molecule is COC(=O)[C@H](CCSC)N(C(=O)c1ccccc1)C1CCN(Cc2cn(Cc3ccccc3)cn2)CC1. The van der Waals surface area contributed by atoms with E-state index in [-0.39, 0.29) is 17.9 Å². The largest absolute Gasteiger partial charge is 0.467 e. The van der Waals surface area contributed by atoms with Crippen molar-refractivity contribution in [1.82, 2.24) is 19.4 Å². The lowest BCUT2D eigenvalue weighted by Gasteiger charge is -2.41. The molecule has 0 spiro atoms. The molecule has 0 saturated carbocycles. The predicted octanol–water partition coefficient (Wildman–Crippen LogP) is 4.33. The minimum atomic E-state index is -0.588. The Morgan fingerprint density at radius 1 is 1.05 bits per heavy atom. The summed E-state index contributed by atoms with van der Waals surface area (Å²) in [4.78, 5) is 35.3. The van der Waals surface area contributed by atoms with E-state index >= 15 is 0 Å². The van der Waals surface area contributed by atoms with Gasteiger partial charge in [-0.2, -0.15) is 11.8 Å². The van der Waals surface area contributed by atoms with Crippen LogP contribution in [0, 0.1) is 0 Å². The average Bonchev–Trinajstić information content (AvgIpc) is 3.38. The highest BCUT2D eigenvalue weighted by atomic mass is 32.2. The molecular weight excluding hydrogens is 484 g/mol. The standard InChI is InChI=1S/C29H36N4O3S/c1-36-29(35)27(15-18-37-2)33(28(34)24-11-7-4-8-12-24)26-13-16-31(17-14-26)20-25-21-32(22-30-25)19-23-9-5-3-6-10-23/h3-12,21-22,26-27H,13-20H2,1-2H3/t27-/m0/s1. The summed E-state index contributed by atoms with van der Waals surface area (Å²) in [6.07, 6.45) is 8.19. The van der Waals surface area contributed by atoms with Crippen LogP contribution in [0.2, 0.25) is 0 Å². The first kappa shape index (κ1) is 26.9. The Morgan fingerprint density at radius 2 is 1.73 bits per heavy atom. The van der Waals surface area contributed by atoms with Crippen molar-refractivity contribution in [2.24, 2.45) is 0 Å². The van der Waals surface area contributed by atoms with Gasteiger partial charge < -0.3 is 14.2 Å². The molecule has 1 amide bonds. The average molecular weight is 521 g/mol. The van der Waals surface area contributed by atoms with Gasteiger partial charge in [0.05, 0.1) is 19.1 Å². The molecule has 8 heteroatoms. The van der Waals surface area contributed by atoms with Crippen LogP contribution in [0.15, 0.2) is 73.2 Å². The molecule has 0 bridgehead atoms. The van der Waals surface area contributed by atoms with E-state index in [1.54, 1.807) is 11.8 Å². The lowest BCUT2D eigenvalue weighted by Crippen LogP contribution is -2.54. The van der Waals surface area contributed by atoms with E-state index in [0.29, 0.717) is 12.0 Å². The van der Waals surface area contributed by atoms with Crippen LogP contribution in [0.5, 0.6) is 0 Å². The number of benzene rings is 2. The van der Waals surface area contributed by atoms with Crippen LogP contribution in [0.25, 0.3) is 0 Å². The van der Waals surface area contributed by atoms with Gasteiger partial charge in [-0.05, 0) is 49.0 Å². The number of methoxy groups -OCH3 is 1. The minimum Gasteiger partial charge on any atom is -0.467 e. The summed E-state index contributed by atoms with van der Waals surface area (Å²) in [5, 5.41) is 0. The highest BCUT2D eigenvalue weighted by Gasteiger charge is 2.37. The molecule has 4 rings (SSSR count). The molecule has 2 aromatic carbocycles. The monoisotopic (exact) mass is 520 g/mol. The summed E-state index contributed by atoms with van der Waals surface area (Å²) in [5.74, 6) is 0.336. The number of thioether (sulfide) groups is 1. The summed E-state index contributed by atoms with van der Waals surface area (Å²) in [6, 6.07) is 19.0. The molecule has 1 fully saturated rings. The fourth-order valence-corrected chi connectivity index (χ4v) is 5.44. The molecule has 1 aromatic heterocycles. The van der Waals surface area contributed by atoms with Crippen LogP contribution in [-0.2, 0) is 22.6 Å². The van der Waals surface area contributed by atoms with Gasteiger partial charge in [0.1, 0.15) is 6.04 Å². The zero-order valence-corrected chi connectivity index (χ0v) is 22.5. The molecule has 0 aliphatic carbocycles. The Morgan fingerprint density at radius 3 is 2.38 bits per heavy atom. The van der Waals surface area contributed by atoms with Crippen LogP contribution in [0.3, 0.4) is 0 Å². The van der Waals surface area contributed by atoms with E-state index in [0.717, 1.165) is 50.5 Å². The normalized spacial score (nSPS) is 15.3. The Labute approximate surface area is 223 Å². The maximum atomic E-state index is 13.7. The third-order valence-corrected chi connectivity index (χ3v) is 7.53. The van der Waals surface area contributed by atoms with Crippen LogP contribution in [0.1, 0.15) is 40.9 Å². The molecular formula is C29H36N4O3S. The molecule has 1 atom stereocenters. The van der Waals surface area contributed by atoms with Crippen molar-refractivity contribution in [1.29, 1.82) is 0 Å². The molecule has 0 radical (unpaired) electrons. The number of hydrogen-bond acceptors (Lipinski definition) is 6. The fourth-order valence-electron chi connectivity index (χ4n) is 4.98. The smallest absolute Gasteiger partial charge is 0.328 e. The molecule has 2 heterocycles. The predicted molar refractivity (Wildman–Crippen MR) is 147 cm³/mol. The maximum absolute atomic E-state index is 13.7. The molecule has 0 unspecified atom stereocenters. The van der Waals surface area contributed by atoms with Gasteiger partial charge >= 0.3 is 5.97 Å². The molecule has 196 valence electrons. The molecule has 37 heavy (non-hydrogen) atoms. The van der Waals surface area contributed by atoms with Crippen molar-refractivity contribution in [3.63, 3.8) is 0 Å². The number of piperidine rings is 1. The van der Waals surface area contributed by atoms with E-state index in [4.69, 9.17) is 4.74 Å². The molecule has 1 aliphatic heterocycles. The van der Waals surface area contributed by atoms with Crippen molar-refractivity contribution in [2.45, 2.75) is 44.4 Å². The van der Waals surface area contributed by atoms with Crippen molar-refractivity contribution in [3.8, 4) is 0 Å². The second-order valence-corrected chi connectivity index (χ2v) is 10.4. The van der Waals surface area contributed by atoms with Gasteiger partial charge in [0, 0.05) is 44.0 Å². The van der Waals surface area contributed by atoms with Gasteiger partial charge in [0.15, 0.2) is 0 Å². The first-order chi connectivity index (χ1) is 18.1. The zero-order chi connectivity index (χ0) is 26.0. The topological polar surface area (TPSA) is 67.7 Å². The van der Waals surface area contributed by atoms with Crippen LogP contribution in [0.4, 0.5) is 0 Å². The first-order valence-corrected chi connectivity index (χ1v) is 14.2. The summed E-state index contributed by atoms with van der Waals surface area (Å²) < 4.78 is 7.26. The van der Waals surface area contributed by atoms with E-state index in [1.807, 2.05) is 53.9 Å². The molecule has 7 nitrogen and oxygen atoms in total. The lowest BCUT2D eigenvalue weighted by atomic mass is 9.98. The van der Waals surface area contributed by atoms with E-state index in [1.165, 1.54) is 12.7 Å². The van der Waals surface area contributed by atoms with Gasteiger partial charge in [0.2, 0.25) is 0 Å². The number of carbonyl (C=O) groups is 2. The second kappa shape index (κ2) is 13.4. The number of hydrogen-bond donors (Lipinski definition) is 0. The van der Waals surface area contributed by atoms with Crippen molar-refractivity contribution < 1.29 is 14.3 Å². The third kappa shape index (κ3) is 7.23. The summed E-state index contributed by atoms with van der Waals surface area (Å²) in [5.41, 5.74) is 2.89. The van der Waals surface area contributed by atoms with Crippen molar-refractivity contribution in [3.05, 3.63) is 90.0 Å². The van der Waals surface area contributed by atoms with Crippen molar-refractivity contribution >= 4 is 23.6 Å². The van der Waals surface area contributed by atoms with Gasteiger partial charge in [-0.15, -0.1) is 0 Å². The molecule has 0 N–H and O–H groups in total. The molecule has 3 aromatic rings. The van der Waals surface area contributed by atoms with Crippen LogP contribution in [-0.4, -0.2) is 75.5 Å². The number of nitrogens with zero attached hydrogens (tertiary/aromatic N) is 4. The van der Waals surface area contributed by atoms with Gasteiger partial charge in [-0.25, -0.2) is 9.78 Å². The molecule has 1 aliphatic rings. The number of rotatable bonds is 11. The minimum absolute atomic E-state index is 0.0226. The zero-order valence-electron chi connectivity index (χ0n) is 21.7. The maximum Gasteiger partial charge on any atom is 0.328 e. The lowest BCUT2D eigenvalue weighted by molar-refractivity contribution is -0.147. The van der Waals surface area contributed by atoms with Crippen molar-refractivity contribution in [2.75, 3.05) is 32.2 Å². The second-order valence-electron chi connectivity index (χ2n) is 9.43. The third-order valence-electron chi connectivity index (χ3n) is 6.89. The van der Waals surface area contributed by atoms with Gasteiger partial charge in [-0.1, -0.05) is 48.5 Å². The fraction of sp³-hybridized carbons (Fsp3) is 0.414. The summed E-state index contributed by atoms with van der Waals surface area (Å²) >= 11 is 1.67. The Balaban J connectivity index is 1.42. The van der Waals surface area contributed by atoms with Gasteiger partial charge in [0.25, 0.3) is 5.91 Å². The number of likely N-dealkylation sites (tertiary alicyclic amines) is 1. The summed E-state index contributed by atoms with van der Waals surface area (Å²) in [7, 11) is 1.40. The highest BCUT2D eigenvalue weighted by Crippen LogP contribution is 2.25. The Kier molecular flexibility index (Phi) is 9.79. The highest BCUT2D eigenvalue weighted by molar-refractivity contribution is 7.98. The number of carbonyl (C=O) groups excluding carboxylic acids is 2. The van der Waals surface area contributed by atoms with Crippen LogP contribution < -0.4 is 0 Å². The van der Waals surface area contributed by atoms with Gasteiger partial charge in [-0.3, -0.25) is 9.69 Å². The molecule has 1 saturated heterocycles. The summed E-state index contributed by atoms with van der Waals surface area (Å²) in [6.45, 7) is 3.25. The quantitative estimate of drug-likeness (QED) is 0.351. The number of aromatic nitrogens is 2. The number of esters is 1. The van der Waals surface area contributed by atoms with E-state index in [2.05, 4.69) is 44.9 Å². The number of ether oxygens (including phenoxy) is 1. The number of amides is 1. The Bertz CT molecular complexity index is 1130.